The van der Waals surface area contributed by atoms with Crippen molar-refractivity contribution in [2.75, 3.05) is 42.9 Å². The summed E-state index contributed by atoms with van der Waals surface area (Å²) in [7, 11) is 0. The van der Waals surface area contributed by atoms with Crippen LogP contribution in [0.25, 0.3) is 16.9 Å². The fraction of sp³-hybridized carbons (Fsp3) is 0.391. The van der Waals surface area contributed by atoms with Gasteiger partial charge in [-0.05, 0) is 119 Å². The molecule has 9 rings (SSSR count). The van der Waals surface area contributed by atoms with E-state index in [1.165, 1.54) is 16.4 Å². The van der Waals surface area contributed by atoms with Crippen LogP contribution in [-0.4, -0.2) is 102 Å². The molecule has 3 aromatic heterocycles. The van der Waals surface area contributed by atoms with Crippen LogP contribution in [0.5, 0.6) is 0 Å². The van der Waals surface area contributed by atoms with Crippen molar-refractivity contribution in [3.8, 4) is 5.82 Å². The number of nitrogens with one attached hydrogen (secondary N) is 2. The molecule has 5 aromatic rings. The highest BCUT2D eigenvalue weighted by atomic mass is 16.3. The summed E-state index contributed by atoms with van der Waals surface area (Å²) in [6, 6.07) is 18.1. The Bertz CT molecular complexity index is 2650. The lowest BCUT2D eigenvalue weighted by Gasteiger charge is -2.38. The van der Waals surface area contributed by atoms with Crippen LogP contribution in [0.15, 0.2) is 84.3 Å². The number of piperidine rings is 3. The van der Waals surface area contributed by atoms with Crippen LogP contribution in [0.2, 0.25) is 0 Å². The summed E-state index contributed by atoms with van der Waals surface area (Å²) in [6.45, 7) is 12.2. The molecule has 1 unspecified atom stereocenters. The topological polar surface area (TPSA) is 188 Å². The molecule has 4 amide bonds. The van der Waals surface area contributed by atoms with E-state index >= 15 is 0 Å². The van der Waals surface area contributed by atoms with Crippen molar-refractivity contribution < 1.29 is 24.3 Å². The number of anilines is 3. The molecule has 2 aromatic carbocycles. The van der Waals surface area contributed by atoms with Gasteiger partial charge in [0.1, 0.15) is 17.0 Å². The van der Waals surface area contributed by atoms with Gasteiger partial charge >= 0.3 is 0 Å². The Hall–Kier alpha value is -6.52. The number of pyridine rings is 1. The van der Waals surface area contributed by atoms with Crippen molar-refractivity contribution in [2.45, 2.75) is 76.5 Å². The van der Waals surface area contributed by atoms with E-state index in [4.69, 9.17) is 4.98 Å². The lowest BCUT2D eigenvalue weighted by atomic mass is 9.88. The van der Waals surface area contributed by atoms with Gasteiger partial charge in [0.2, 0.25) is 17.8 Å². The van der Waals surface area contributed by atoms with Gasteiger partial charge in [0, 0.05) is 43.6 Å². The van der Waals surface area contributed by atoms with Gasteiger partial charge in [-0.3, -0.25) is 34.2 Å². The van der Waals surface area contributed by atoms with Crippen LogP contribution >= 0.6 is 0 Å². The molecule has 7 heterocycles. The van der Waals surface area contributed by atoms with Gasteiger partial charge in [-0.15, -0.1) is 6.58 Å². The number of nitrogens with zero attached hydrogens (tertiary/aromatic N) is 8. The van der Waals surface area contributed by atoms with E-state index in [0.29, 0.717) is 51.5 Å². The summed E-state index contributed by atoms with van der Waals surface area (Å²) in [4.78, 5) is 83.8. The number of aromatic nitrogens is 5. The van der Waals surface area contributed by atoms with Crippen LogP contribution < -0.4 is 21.1 Å². The van der Waals surface area contributed by atoms with Gasteiger partial charge in [0.15, 0.2) is 11.5 Å². The van der Waals surface area contributed by atoms with Gasteiger partial charge in [0.05, 0.1) is 23.4 Å². The van der Waals surface area contributed by atoms with Gasteiger partial charge in [-0.25, -0.2) is 19.3 Å². The van der Waals surface area contributed by atoms with Crippen molar-refractivity contribution in [2.24, 2.45) is 5.92 Å². The van der Waals surface area contributed by atoms with Gasteiger partial charge in [-0.2, -0.15) is 4.98 Å². The lowest BCUT2D eigenvalue weighted by Crippen LogP contribution is -2.54. The van der Waals surface area contributed by atoms with Crippen molar-refractivity contribution in [1.29, 1.82) is 0 Å². The fourth-order valence-electron chi connectivity index (χ4n) is 9.30. The monoisotopic (exact) mass is 838 g/mol. The number of allylic oxidation sites excluding steroid dienone is 1. The zero-order chi connectivity index (χ0) is 43.3. The van der Waals surface area contributed by atoms with E-state index in [2.05, 4.69) is 49.1 Å². The Morgan fingerprint density at radius 3 is 2.34 bits per heavy atom. The number of amides is 4. The largest absolute Gasteiger partial charge is 0.384 e. The van der Waals surface area contributed by atoms with Crippen LogP contribution in [0, 0.1) is 5.92 Å². The minimum absolute atomic E-state index is 0.0914. The van der Waals surface area contributed by atoms with E-state index < -0.39 is 35.3 Å². The molecule has 3 fully saturated rings. The summed E-state index contributed by atoms with van der Waals surface area (Å²) in [6.07, 6.45) is 7.60. The predicted molar refractivity (Wildman–Crippen MR) is 233 cm³/mol. The number of hydrogen-bond acceptors (Lipinski definition) is 12. The average Bonchev–Trinajstić information content (AvgIpc) is 3.68. The number of benzene rings is 2. The highest BCUT2D eigenvalue weighted by Crippen LogP contribution is 2.34. The summed E-state index contributed by atoms with van der Waals surface area (Å²) < 4.78 is 3.15. The standard InChI is InChI=1S/C46H50N10O6/c1-4-20-54-42(59)35-26-47-45(51-40(35)56(54)38-7-5-6-37(49-38)46(2,3)62)48-31-10-8-29(9-11-31)30-18-21-52(22-19-30)27-28-16-23-53(24-17-28)32-12-13-33-34(25-32)44(61)55(43(33)60)36-14-15-39(57)50-41(36)58/h4-13,25-26,28,30,36,62H,1,14-24,27H2,2-3H3,(H,47,48,51)(H,50,57,58). The van der Waals surface area contributed by atoms with Crippen molar-refractivity contribution in [3.63, 3.8) is 0 Å². The maximum absolute atomic E-state index is 13.4. The quantitative estimate of drug-likeness (QED) is 0.124. The first-order valence-electron chi connectivity index (χ1n) is 21.4. The van der Waals surface area contributed by atoms with Crippen molar-refractivity contribution in [3.05, 3.63) is 112 Å². The first kappa shape index (κ1) is 40.9. The molecular formula is C46H50N10O6. The Morgan fingerprint density at radius 1 is 0.887 bits per heavy atom. The number of likely N-dealkylation sites (tertiary alicyclic amines) is 1. The van der Waals surface area contributed by atoms with Gasteiger partial charge in [-0.1, -0.05) is 24.3 Å². The lowest BCUT2D eigenvalue weighted by molar-refractivity contribution is -0.136. The number of fused-ring (bicyclic) bond motifs is 2. The first-order chi connectivity index (χ1) is 29.9. The van der Waals surface area contributed by atoms with E-state index in [9.17, 15) is 29.1 Å². The van der Waals surface area contributed by atoms with Crippen molar-refractivity contribution in [1.82, 2.24) is 39.4 Å². The fourth-order valence-corrected chi connectivity index (χ4v) is 9.30. The second kappa shape index (κ2) is 16.4. The SMILES string of the molecule is C=CCn1c(=O)c2cnc(Nc3ccc(C4CCN(CC5CCN(c6ccc7c(c6)C(=O)N(C6CCC(=O)NC6=O)C7=O)CC5)CC4)cc3)nc2n1-c1cccc(C(C)(C)O)n1. The summed E-state index contributed by atoms with van der Waals surface area (Å²) >= 11 is 0. The highest BCUT2D eigenvalue weighted by Gasteiger charge is 2.45. The third kappa shape index (κ3) is 7.79. The molecule has 3 saturated heterocycles. The van der Waals surface area contributed by atoms with Crippen LogP contribution in [0.1, 0.15) is 90.3 Å². The van der Waals surface area contributed by atoms with Crippen LogP contribution in [-0.2, 0) is 21.7 Å². The smallest absolute Gasteiger partial charge is 0.278 e. The number of hydrogen-bond donors (Lipinski definition) is 3. The Balaban J connectivity index is 0.783. The molecule has 16 nitrogen and oxygen atoms in total. The maximum Gasteiger partial charge on any atom is 0.278 e. The summed E-state index contributed by atoms with van der Waals surface area (Å²) in [5, 5.41) is 16.5. The molecule has 0 bridgehead atoms. The molecule has 0 radical (unpaired) electrons. The third-order valence-electron chi connectivity index (χ3n) is 12.7. The van der Waals surface area contributed by atoms with Gasteiger partial charge < -0.3 is 20.2 Å². The molecule has 0 spiro atoms. The second-order valence-electron chi connectivity index (χ2n) is 17.3. The molecule has 0 aliphatic carbocycles. The summed E-state index contributed by atoms with van der Waals surface area (Å²) in [5.41, 5.74) is 3.04. The molecule has 16 heteroatoms. The zero-order valence-corrected chi connectivity index (χ0v) is 34.9. The predicted octanol–water partition coefficient (Wildman–Crippen LogP) is 4.63. The Labute approximate surface area is 358 Å². The van der Waals surface area contributed by atoms with E-state index in [1.807, 2.05) is 18.2 Å². The Kier molecular flexibility index (Phi) is 10.8. The highest BCUT2D eigenvalue weighted by molar-refractivity contribution is 6.23. The number of rotatable bonds is 11. The zero-order valence-electron chi connectivity index (χ0n) is 34.9. The molecular weight excluding hydrogens is 789 g/mol. The normalized spacial score (nSPS) is 19.3. The van der Waals surface area contributed by atoms with Crippen molar-refractivity contribution >= 4 is 52.0 Å². The summed E-state index contributed by atoms with van der Waals surface area (Å²) in [5.74, 6) is -0.156. The molecule has 4 aliphatic rings. The molecule has 0 saturated carbocycles. The Morgan fingerprint density at radius 2 is 1.63 bits per heavy atom. The number of carbonyl (C=O) groups is 4. The average molecular weight is 839 g/mol. The van der Waals surface area contributed by atoms with E-state index in [0.717, 1.165) is 74.7 Å². The van der Waals surface area contributed by atoms with Crippen LogP contribution in [0.3, 0.4) is 0 Å². The third-order valence-corrected chi connectivity index (χ3v) is 12.7. The molecule has 1 atom stereocenters. The van der Waals surface area contributed by atoms with E-state index in [1.54, 1.807) is 54.9 Å². The number of aliphatic hydroxyl groups is 1. The second-order valence-corrected chi connectivity index (χ2v) is 17.3. The van der Waals surface area contributed by atoms with E-state index in [-0.39, 0.29) is 24.9 Å². The van der Waals surface area contributed by atoms with Gasteiger partial charge in [0.25, 0.3) is 17.4 Å². The number of imide groups is 2. The molecule has 62 heavy (non-hydrogen) atoms. The number of carbonyl (C=O) groups excluding carboxylic acids is 4. The minimum atomic E-state index is -1.18. The first-order valence-corrected chi connectivity index (χ1v) is 21.4. The minimum Gasteiger partial charge on any atom is -0.384 e. The van der Waals surface area contributed by atoms with Crippen LogP contribution in [0.4, 0.5) is 17.3 Å². The molecule has 3 N–H and O–H groups in total. The molecule has 4 aliphatic heterocycles. The maximum atomic E-state index is 13.4. The molecule has 320 valence electrons.